The van der Waals surface area contributed by atoms with E-state index in [1.807, 2.05) is 50.1 Å². The van der Waals surface area contributed by atoms with E-state index in [4.69, 9.17) is 4.42 Å². The van der Waals surface area contributed by atoms with Crippen molar-refractivity contribution < 1.29 is 9.21 Å². The predicted molar refractivity (Wildman–Crippen MR) is 94.6 cm³/mol. The fourth-order valence-electron chi connectivity index (χ4n) is 3.44. The number of nitrogens with zero attached hydrogens (tertiary/aromatic N) is 4. The number of likely N-dealkylation sites (tertiary alicyclic amines) is 1. The average Bonchev–Trinajstić information content (AvgIpc) is 3.19. The number of amides is 1. The number of carbonyl (C=O) groups excluding carboxylic acids is 1. The number of oxazole rings is 1. The Morgan fingerprint density at radius 1 is 1.24 bits per heavy atom. The highest BCUT2D eigenvalue weighted by molar-refractivity contribution is 5.92. The van der Waals surface area contributed by atoms with Crippen molar-refractivity contribution in [3.05, 3.63) is 47.1 Å². The lowest BCUT2D eigenvalue weighted by molar-refractivity contribution is 0.0700. The van der Waals surface area contributed by atoms with Crippen LogP contribution in [0.15, 0.2) is 28.7 Å². The average molecular weight is 338 g/mol. The molecule has 4 rings (SSSR count). The molecule has 1 amide bonds. The minimum atomic E-state index is 0.00978. The highest BCUT2D eigenvalue weighted by atomic mass is 16.3. The molecular weight excluding hydrogens is 316 g/mol. The van der Waals surface area contributed by atoms with Crippen LogP contribution in [-0.2, 0) is 7.05 Å². The van der Waals surface area contributed by atoms with Gasteiger partial charge in [0.25, 0.3) is 5.91 Å². The van der Waals surface area contributed by atoms with Gasteiger partial charge in [-0.15, -0.1) is 0 Å². The van der Waals surface area contributed by atoms with Gasteiger partial charge in [-0.1, -0.05) is 12.1 Å². The Hall–Kier alpha value is -2.63. The van der Waals surface area contributed by atoms with Crippen molar-refractivity contribution in [3.8, 4) is 0 Å². The van der Waals surface area contributed by atoms with Crippen molar-refractivity contribution in [2.24, 2.45) is 7.05 Å². The molecule has 0 spiro atoms. The van der Waals surface area contributed by atoms with E-state index in [1.54, 1.807) is 4.68 Å². The van der Waals surface area contributed by atoms with Crippen LogP contribution < -0.4 is 0 Å². The summed E-state index contributed by atoms with van der Waals surface area (Å²) in [7, 11) is 1.85. The largest absolute Gasteiger partial charge is 0.440 e. The molecular formula is C19H22N4O2. The molecule has 1 aliphatic rings. The van der Waals surface area contributed by atoms with Crippen LogP contribution in [0.25, 0.3) is 11.1 Å². The first kappa shape index (κ1) is 15.9. The molecule has 6 heteroatoms. The monoisotopic (exact) mass is 338 g/mol. The van der Waals surface area contributed by atoms with Gasteiger partial charge < -0.3 is 9.32 Å². The molecule has 25 heavy (non-hydrogen) atoms. The summed E-state index contributed by atoms with van der Waals surface area (Å²) < 4.78 is 7.74. The zero-order valence-corrected chi connectivity index (χ0v) is 14.8. The summed E-state index contributed by atoms with van der Waals surface area (Å²) in [6.45, 7) is 5.40. The van der Waals surface area contributed by atoms with E-state index < -0.39 is 0 Å². The molecule has 130 valence electrons. The smallest absolute Gasteiger partial charge is 0.274 e. The normalized spacial score (nSPS) is 15.9. The summed E-state index contributed by atoms with van der Waals surface area (Å²) in [5.41, 5.74) is 4.41. The van der Waals surface area contributed by atoms with Crippen LogP contribution in [0, 0.1) is 13.8 Å². The fraction of sp³-hybridized carbons (Fsp3) is 0.421. The van der Waals surface area contributed by atoms with Crippen molar-refractivity contribution in [3.63, 3.8) is 0 Å². The van der Waals surface area contributed by atoms with Gasteiger partial charge in [-0.2, -0.15) is 5.10 Å². The number of fused-ring (bicyclic) bond motifs is 1. The molecule has 1 fully saturated rings. The van der Waals surface area contributed by atoms with Crippen LogP contribution in [0.4, 0.5) is 0 Å². The molecule has 0 atom stereocenters. The van der Waals surface area contributed by atoms with Crippen molar-refractivity contribution in [2.75, 3.05) is 13.1 Å². The topological polar surface area (TPSA) is 64.2 Å². The Morgan fingerprint density at radius 2 is 2.00 bits per heavy atom. The minimum absolute atomic E-state index is 0.00978. The van der Waals surface area contributed by atoms with Crippen LogP contribution in [0.5, 0.6) is 0 Å². The van der Waals surface area contributed by atoms with E-state index in [-0.39, 0.29) is 11.8 Å². The Balaban J connectivity index is 1.47. The van der Waals surface area contributed by atoms with E-state index in [1.165, 1.54) is 0 Å². The first-order valence-electron chi connectivity index (χ1n) is 8.69. The minimum Gasteiger partial charge on any atom is -0.440 e. The number of benzene rings is 1. The third-order valence-corrected chi connectivity index (χ3v) is 5.09. The number of hydrogen-bond donors (Lipinski definition) is 0. The van der Waals surface area contributed by atoms with Gasteiger partial charge in [-0.25, -0.2) is 4.98 Å². The Bertz CT molecular complexity index is 913. The number of aromatic nitrogens is 3. The highest BCUT2D eigenvalue weighted by Gasteiger charge is 2.28. The molecule has 0 aliphatic carbocycles. The maximum Gasteiger partial charge on any atom is 0.274 e. The predicted octanol–water partition coefficient (Wildman–Crippen LogP) is 3.20. The van der Waals surface area contributed by atoms with E-state index in [2.05, 4.69) is 10.1 Å². The Kier molecular flexibility index (Phi) is 3.82. The van der Waals surface area contributed by atoms with Gasteiger partial charge in [-0.05, 0) is 44.4 Å². The molecule has 1 aromatic carbocycles. The van der Waals surface area contributed by atoms with Crippen LogP contribution in [0.3, 0.4) is 0 Å². The van der Waals surface area contributed by atoms with Gasteiger partial charge >= 0.3 is 0 Å². The molecule has 2 aromatic heterocycles. The van der Waals surface area contributed by atoms with Crippen LogP contribution in [0.1, 0.15) is 46.4 Å². The van der Waals surface area contributed by atoms with E-state index in [0.29, 0.717) is 18.8 Å². The molecule has 0 radical (unpaired) electrons. The first-order valence-corrected chi connectivity index (χ1v) is 8.69. The van der Waals surface area contributed by atoms with Gasteiger partial charge in [0.2, 0.25) is 0 Å². The number of carbonyl (C=O) groups is 1. The van der Waals surface area contributed by atoms with Crippen LogP contribution in [0.2, 0.25) is 0 Å². The number of piperidine rings is 1. The summed E-state index contributed by atoms with van der Waals surface area (Å²) in [5, 5.41) is 4.30. The second-order valence-corrected chi connectivity index (χ2v) is 6.84. The maximum atomic E-state index is 12.6. The number of aryl methyl sites for hydroxylation is 3. The summed E-state index contributed by atoms with van der Waals surface area (Å²) >= 11 is 0. The zero-order valence-electron chi connectivity index (χ0n) is 14.8. The maximum absolute atomic E-state index is 12.6. The van der Waals surface area contributed by atoms with Crippen molar-refractivity contribution in [1.29, 1.82) is 0 Å². The van der Waals surface area contributed by atoms with Crippen molar-refractivity contribution >= 4 is 17.0 Å². The number of para-hydroxylation sites is 1. The summed E-state index contributed by atoms with van der Waals surface area (Å²) in [4.78, 5) is 19.1. The van der Waals surface area contributed by atoms with E-state index in [9.17, 15) is 4.79 Å². The van der Waals surface area contributed by atoms with Gasteiger partial charge in [0.15, 0.2) is 17.2 Å². The molecule has 0 N–H and O–H groups in total. The second-order valence-electron chi connectivity index (χ2n) is 6.84. The third-order valence-electron chi connectivity index (χ3n) is 5.09. The molecule has 6 nitrogen and oxygen atoms in total. The molecule has 0 saturated carbocycles. The lowest BCUT2D eigenvalue weighted by Gasteiger charge is -2.30. The lowest BCUT2D eigenvalue weighted by atomic mass is 9.96. The highest BCUT2D eigenvalue weighted by Crippen LogP contribution is 2.31. The summed E-state index contributed by atoms with van der Waals surface area (Å²) in [5.74, 6) is 1.07. The van der Waals surface area contributed by atoms with Crippen LogP contribution in [-0.4, -0.2) is 38.7 Å². The lowest BCUT2D eigenvalue weighted by Crippen LogP contribution is -2.38. The number of hydrogen-bond acceptors (Lipinski definition) is 4. The van der Waals surface area contributed by atoms with Gasteiger partial charge in [0.05, 0.1) is 0 Å². The number of rotatable bonds is 2. The first-order chi connectivity index (χ1) is 12.0. The molecule has 3 heterocycles. The third kappa shape index (κ3) is 2.81. The SMILES string of the molecule is Cc1cccc2nc(C3CCN(C(=O)c4cc(C)n(C)n4)CC3)oc12. The fourth-order valence-corrected chi connectivity index (χ4v) is 3.44. The van der Waals surface area contributed by atoms with E-state index in [0.717, 1.165) is 41.1 Å². The second kappa shape index (κ2) is 6.02. The van der Waals surface area contributed by atoms with Crippen LogP contribution >= 0.6 is 0 Å². The molecule has 0 bridgehead atoms. The van der Waals surface area contributed by atoms with Gasteiger partial charge in [0, 0.05) is 31.7 Å². The molecule has 1 aliphatic heterocycles. The molecule has 3 aromatic rings. The molecule has 0 unspecified atom stereocenters. The Labute approximate surface area is 146 Å². The summed E-state index contributed by atoms with van der Waals surface area (Å²) in [6.07, 6.45) is 1.73. The molecule has 1 saturated heterocycles. The van der Waals surface area contributed by atoms with Gasteiger partial charge in [0.1, 0.15) is 5.52 Å². The van der Waals surface area contributed by atoms with Crippen molar-refractivity contribution in [2.45, 2.75) is 32.6 Å². The summed E-state index contributed by atoms with van der Waals surface area (Å²) in [6, 6.07) is 7.86. The zero-order chi connectivity index (χ0) is 17.6. The van der Waals surface area contributed by atoms with Crippen molar-refractivity contribution in [1.82, 2.24) is 19.7 Å². The Morgan fingerprint density at radius 3 is 2.64 bits per heavy atom. The quantitative estimate of drug-likeness (QED) is 0.720. The van der Waals surface area contributed by atoms with Gasteiger partial charge in [-0.3, -0.25) is 9.48 Å². The van der Waals surface area contributed by atoms with E-state index >= 15 is 0 Å². The standard InChI is InChI=1S/C19H22N4O2/c1-12-5-4-6-15-17(12)25-18(20-15)14-7-9-23(10-8-14)19(24)16-11-13(2)22(3)21-16/h4-6,11,14H,7-10H2,1-3H3.